The first kappa shape index (κ1) is 55.5. The molecule has 29 nitrogen and oxygen atoms in total. The number of nitrogens with one attached hydrogen (secondary N) is 6. The molecule has 0 radical (unpaired) electrons. The lowest BCUT2D eigenvalue weighted by atomic mass is 9.96. The summed E-state index contributed by atoms with van der Waals surface area (Å²) in [6.07, 6.45) is -16.5. The van der Waals surface area contributed by atoms with Gasteiger partial charge in [0.2, 0.25) is 29.5 Å². The van der Waals surface area contributed by atoms with Crippen molar-refractivity contribution in [3.63, 3.8) is 0 Å². The number of rotatable bonds is 24. The summed E-state index contributed by atoms with van der Waals surface area (Å²) in [5, 5.41) is 95.6. The number of carbonyl (C=O) groups is 6. The van der Waals surface area contributed by atoms with Gasteiger partial charge in [-0.15, -0.1) is 0 Å². The third kappa shape index (κ3) is 15.6. The van der Waals surface area contributed by atoms with Gasteiger partial charge < -0.3 is 92.1 Å². The Hall–Kier alpha value is -3.83. The molecule has 3 rings (SSSR count). The smallest absolute Gasteiger partial charge is 0.397 e. The molecule has 3 saturated heterocycles. The first-order valence-electron chi connectivity index (χ1n) is 20.4. The van der Waals surface area contributed by atoms with Crippen LogP contribution in [0.15, 0.2) is 0 Å². The maximum absolute atomic E-state index is 14.1. The van der Waals surface area contributed by atoms with Crippen molar-refractivity contribution in [2.45, 2.75) is 150 Å². The van der Waals surface area contributed by atoms with E-state index in [2.05, 4.69) is 30.8 Å². The molecule has 0 aliphatic carbocycles. The van der Waals surface area contributed by atoms with Crippen LogP contribution >= 0.6 is 0 Å². The van der Waals surface area contributed by atoms with E-state index in [1.807, 2.05) is 5.32 Å². The predicted octanol–water partition coefficient (Wildman–Crippen LogP) is -9.13. The molecule has 0 aromatic carbocycles. The molecule has 374 valence electrons. The number of hydrogen-bond acceptors (Lipinski definition) is 22. The molecule has 17 unspecified atom stereocenters. The molecular formula is C35H61N7O22S. The molecule has 0 bridgehead atoms. The number of hydrogen-bond donors (Lipinski definition) is 16. The van der Waals surface area contributed by atoms with Crippen molar-refractivity contribution in [2.24, 2.45) is 5.73 Å². The van der Waals surface area contributed by atoms with Crippen LogP contribution in [0.1, 0.15) is 46.5 Å². The van der Waals surface area contributed by atoms with E-state index in [0.717, 1.165) is 13.8 Å². The zero-order valence-electron chi connectivity index (χ0n) is 35.5. The molecule has 3 aliphatic rings. The summed E-state index contributed by atoms with van der Waals surface area (Å²) >= 11 is 0. The number of aliphatic hydroxyl groups excluding tert-OH is 7. The standard InChI is InChI=1S/C35H61N7O22S/c1-13(60-34-24(37-14(2)47)27(50)26(49)21(11-45)62-34)23(32(54)41-19(10-44)33(55)56)42-30(52)16(6-4-5-7-36)40-31(53)17-8-20(18(9-43)39-17)61-35-25(38-15(3)48)28(51)29(22(12-46)63-35)64-65(57,58)59/h13,16-29,34-35,39,43-46,49-51H,4-12,36H2,1-3H3,(H,37,47)(H,38,48)(H,40,53)(H,41,54)(H,42,52)(H,55,56)(H,57,58,59). The van der Waals surface area contributed by atoms with E-state index in [4.69, 9.17) is 24.7 Å². The van der Waals surface area contributed by atoms with Crippen molar-refractivity contribution >= 4 is 45.9 Å². The van der Waals surface area contributed by atoms with Crippen molar-refractivity contribution in [1.82, 2.24) is 31.9 Å². The number of ether oxygens (including phenoxy) is 4. The van der Waals surface area contributed by atoms with Crippen molar-refractivity contribution in [2.75, 3.05) is 33.0 Å². The normalized spacial score (nSPS) is 32.3. The molecule has 65 heavy (non-hydrogen) atoms. The van der Waals surface area contributed by atoms with Gasteiger partial charge in [-0.25, -0.2) is 8.98 Å². The highest BCUT2D eigenvalue weighted by Gasteiger charge is 2.51. The SMILES string of the molecule is CC(=O)NC1C(OC(C)C(NC(=O)C(CCCCN)NC(=O)C2CC(OC3OC(CO)C(OS(=O)(=O)O)C(O)C3NC(C)=O)C(CO)N2)C(=O)NC(CO)C(=O)O)OC(CO)C(O)C1O. The Labute approximate surface area is 371 Å². The topological polar surface area (TPSA) is 463 Å². The number of aliphatic carboxylic acids is 1. The second-order valence-corrected chi connectivity index (χ2v) is 16.6. The van der Waals surface area contributed by atoms with Gasteiger partial charge in [0, 0.05) is 13.8 Å². The molecule has 5 amide bonds. The summed E-state index contributed by atoms with van der Waals surface area (Å²) in [7, 11) is -5.21. The molecule has 0 aromatic heterocycles. The Morgan fingerprint density at radius 1 is 0.800 bits per heavy atom. The highest BCUT2D eigenvalue weighted by molar-refractivity contribution is 7.80. The van der Waals surface area contributed by atoms with Crippen LogP contribution in [-0.2, 0) is 62.3 Å². The Bertz CT molecular complexity index is 1740. The Morgan fingerprint density at radius 2 is 1.40 bits per heavy atom. The second kappa shape index (κ2) is 25.3. The lowest BCUT2D eigenvalue weighted by Crippen LogP contribution is -2.66. The molecular weight excluding hydrogens is 902 g/mol. The number of carboxylic acids is 1. The Kier molecular flexibility index (Phi) is 21.6. The van der Waals surface area contributed by atoms with Crippen molar-refractivity contribution in [3.05, 3.63) is 0 Å². The van der Waals surface area contributed by atoms with Gasteiger partial charge in [-0.05, 0) is 39.2 Å². The van der Waals surface area contributed by atoms with Gasteiger partial charge in [-0.1, -0.05) is 0 Å². The lowest BCUT2D eigenvalue weighted by molar-refractivity contribution is -0.281. The molecule has 30 heteroatoms. The van der Waals surface area contributed by atoms with Crippen LogP contribution in [0.5, 0.6) is 0 Å². The van der Waals surface area contributed by atoms with Crippen LogP contribution < -0.4 is 37.6 Å². The molecule has 3 aliphatic heterocycles. The fraction of sp³-hybridized carbons (Fsp3) is 0.829. The zero-order chi connectivity index (χ0) is 48.9. The summed E-state index contributed by atoms with van der Waals surface area (Å²) in [6.45, 7) is -0.108. The third-order valence-electron chi connectivity index (χ3n) is 10.6. The van der Waals surface area contributed by atoms with Gasteiger partial charge in [0.1, 0.15) is 66.8 Å². The molecule has 0 saturated carbocycles. The van der Waals surface area contributed by atoms with E-state index in [1.165, 1.54) is 6.92 Å². The largest absolute Gasteiger partial charge is 0.480 e. The Balaban J connectivity index is 1.88. The molecule has 0 aromatic rings. The number of amides is 5. The van der Waals surface area contributed by atoms with Crippen LogP contribution in [-0.4, -0.2) is 226 Å². The van der Waals surface area contributed by atoms with Gasteiger partial charge in [0.25, 0.3) is 0 Å². The molecule has 0 spiro atoms. The fourth-order valence-electron chi connectivity index (χ4n) is 7.34. The minimum absolute atomic E-state index is 0.108. The quantitative estimate of drug-likeness (QED) is 0.0315. The highest BCUT2D eigenvalue weighted by Crippen LogP contribution is 2.29. The van der Waals surface area contributed by atoms with E-state index in [1.54, 1.807) is 0 Å². The van der Waals surface area contributed by atoms with Crippen LogP contribution in [0, 0.1) is 0 Å². The van der Waals surface area contributed by atoms with E-state index < -0.39 is 176 Å². The van der Waals surface area contributed by atoms with E-state index in [9.17, 15) is 82.6 Å². The monoisotopic (exact) mass is 963 g/mol. The first-order valence-corrected chi connectivity index (χ1v) is 21.8. The fourth-order valence-corrected chi connectivity index (χ4v) is 7.86. The average molecular weight is 964 g/mol. The number of unbranched alkanes of at least 4 members (excludes halogenated alkanes) is 1. The van der Waals surface area contributed by atoms with E-state index in [-0.39, 0.29) is 25.8 Å². The molecule has 17 atom stereocenters. The van der Waals surface area contributed by atoms with Crippen molar-refractivity contribution < 1.29 is 106 Å². The maximum atomic E-state index is 14.1. The summed E-state index contributed by atoms with van der Waals surface area (Å²) in [6, 6.07) is -10.7. The number of nitrogens with two attached hydrogens (primary N) is 1. The van der Waals surface area contributed by atoms with Crippen LogP contribution in [0.4, 0.5) is 0 Å². The number of aliphatic hydroxyl groups is 7. The highest BCUT2D eigenvalue weighted by atomic mass is 32.3. The van der Waals surface area contributed by atoms with Gasteiger partial charge in [-0.3, -0.25) is 33.8 Å². The summed E-state index contributed by atoms with van der Waals surface area (Å²) in [5.41, 5.74) is 5.66. The van der Waals surface area contributed by atoms with E-state index >= 15 is 0 Å². The molecule has 3 fully saturated rings. The summed E-state index contributed by atoms with van der Waals surface area (Å²) in [5.74, 6) is -6.29. The number of carboxylic acid groups (broad SMARTS) is 1. The lowest BCUT2D eigenvalue weighted by Gasteiger charge is -2.44. The van der Waals surface area contributed by atoms with Gasteiger partial charge in [-0.2, -0.15) is 8.42 Å². The first-order chi connectivity index (χ1) is 30.5. The van der Waals surface area contributed by atoms with Crippen LogP contribution in [0.25, 0.3) is 0 Å². The van der Waals surface area contributed by atoms with Crippen LogP contribution in [0.2, 0.25) is 0 Å². The average Bonchev–Trinajstić information content (AvgIpc) is 3.65. The zero-order valence-corrected chi connectivity index (χ0v) is 36.3. The van der Waals surface area contributed by atoms with Gasteiger partial charge in [0.15, 0.2) is 12.6 Å². The van der Waals surface area contributed by atoms with Crippen molar-refractivity contribution in [3.8, 4) is 0 Å². The minimum Gasteiger partial charge on any atom is -0.480 e. The van der Waals surface area contributed by atoms with Gasteiger partial charge >= 0.3 is 16.4 Å². The minimum atomic E-state index is -5.21. The predicted molar refractivity (Wildman–Crippen MR) is 212 cm³/mol. The second-order valence-electron chi connectivity index (χ2n) is 15.5. The molecule has 3 heterocycles. The summed E-state index contributed by atoms with van der Waals surface area (Å²) < 4.78 is 59.7. The van der Waals surface area contributed by atoms with Crippen molar-refractivity contribution in [1.29, 1.82) is 0 Å². The third-order valence-corrected chi connectivity index (χ3v) is 11.1. The van der Waals surface area contributed by atoms with E-state index in [0.29, 0.717) is 6.42 Å². The maximum Gasteiger partial charge on any atom is 0.397 e. The van der Waals surface area contributed by atoms with Gasteiger partial charge in [0.05, 0.1) is 50.7 Å². The molecule has 17 N–H and O–H groups in total. The van der Waals surface area contributed by atoms with Crippen LogP contribution in [0.3, 0.4) is 0 Å². The summed E-state index contributed by atoms with van der Waals surface area (Å²) in [4.78, 5) is 77.4. The number of carbonyl (C=O) groups excluding carboxylic acids is 5. The Morgan fingerprint density at radius 3 is 1.92 bits per heavy atom.